The predicted octanol–water partition coefficient (Wildman–Crippen LogP) is 2.20. The molecule has 4 nitrogen and oxygen atoms in total. The monoisotopic (exact) mass is 209 g/mol. The molecule has 1 aromatic heterocycles. The number of nitrogens with zero attached hydrogens (tertiary/aromatic N) is 3. The van der Waals surface area contributed by atoms with E-state index in [4.69, 9.17) is 10.00 Å². The van der Waals surface area contributed by atoms with Gasteiger partial charge < -0.3 is 4.74 Å². The van der Waals surface area contributed by atoms with E-state index >= 15 is 0 Å². The van der Waals surface area contributed by atoms with Crippen molar-refractivity contribution in [1.82, 2.24) is 4.98 Å². The van der Waals surface area contributed by atoms with Gasteiger partial charge in [-0.2, -0.15) is 5.26 Å². The Balaban J connectivity index is 2.29. The van der Waals surface area contributed by atoms with Crippen molar-refractivity contribution < 1.29 is 4.74 Å². The second kappa shape index (κ2) is 3.31. The Hall–Kier alpha value is -2.41. The van der Waals surface area contributed by atoms with Crippen molar-refractivity contribution in [2.75, 3.05) is 6.61 Å². The van der Waals surface area contributed by atoms with Gasteiger partial charge in [-0.25, -0.2) is 0 Å². The molecule has 2 aromatic rings. The fourth-order valence-corrected chi connectivity index (χ4v) is 1.68. The molecule has 0 saturated heterocycles. The Morgan fingerprint density at radius 3 is 3.12 bits per heavy atom. The molecule has 3 rings (SSSR count). The number of rotatable bonds is 0. The van der Waals surface area contributed by atoms with Gasteiger partial charge in [0.2, 0.25) is 0 Å². The molecule has 0 spiro atoms. The summed E-state index contributed by atoms with van der Waals surface area (Å²) in [5.41, 5.74) is 2.16. The number of fused-ring (bicyclic) bond motifs is 2. The third-order valence-electron chi connectivity index (χ3n) is 2.43. The summed E-state index contributed by atoms with van der Waals surface area (Å²) < 4.78 is 5.45. The minimum atomic E-state index is 0.490. The summed E-state index contributed by atoms with van der Waals surface area (Å²) in [6, 6.07) is 7.59. The van der Waals surface area contributed by atoms with Crippen molar-refractivity contribution in [3.8, 4) is 11.8 Å². The largest absolute Gasteiger partial charge is 0.486 e. The summed E-state index contributed by atoms with van der Waals surface area (Å²) in [5.74, 6) is 0.742. The van der Waals surface area contributed by atoms with E-state index < -0.39 is 0 Å². The molecule has 0 N–H and O–H groups in total. The lowest BCUT2D eigenvalue weighted by Gasteiger charge is -2.12. The van der Waals surface area contributed by atoms with Gasteiger partial charge in [0, 0.05) is 17.8 Å². The first kappa shape index (κ1) is 8.86. The number of pyridine rings is 1. The Morgan fingerprint density at radius 2 is 2.25 bits per heavy atom. The summed E-state index contributed by atoms with van der Waals surface area (Å²) in [6.07, 6.45) is 3.28. The lowest BCUT2D eigenvalue weighted by atomic mass is 10.1. The standard InChI is InChI=1S/C12H7N3O/c13-6-8-3-9-4-12-11(14-1-2-16-12)5-10(9)15-7-8/h1,3-5,7H,2H2. The topological polar surface area (TPSA) is 58.3 Å². The van der Waals surface area contributed by atoms with Crippen LogP contribution >= 0.6 is 0 Å². The van der Waals surface area contributed by atoms with E-state index in [1.807, 2.05) is 12.1 Å². The molecule has 0 atom stereocenters. The van der Waals surface area contributed by atoms with Crippen molar-refractivity contribution >= 4 is 22.8 Å². The zero-order chi connectivity index (χ0) is 11.0. The van der Waals surface area contributed by atoms with Crippen LogP contribution in [-0.2, 0) is 0 Å². The van der Waals surface area contributed by atoms with Crippen molar-refractivity contribution in [3.05, 3.63) is 30.0 Å². The van der Waals surface area contributed by atoms with E-state index in [2.05, 4.69) is 16.0 Å². The summed E-state index contributed by atoms with van der Waals surface area (Å²) in [5, 5.41) is 9.69. The van der Waals surface area contributed by atoms with Crippen LogP contribution in [0.1, 0.15) is 5.56 Å². The van der Waals surface area contributed by atoms with Crippen LogP contribution in [0.2, 0.25) is 0 Å². The molecule has 0 aliphatic carbocycles. The van der Waals surface area contributed by atoms with Gasteiger partial charge in [-0.15, -0.1) is 0 Å². The van der Waals surface area contributed by atoms with Crippen LogP contribution in [0.5, 0.6) is 5.75 Å². The van der Waals surface area contributed by atoms with Crippen molar-refractivity contribution in [2.45, 2.75) is 0 Å². The molecular weight excluding hydrogens is 202 g/mol. The summed E-state index contributed by atoms with van der Waals surface area (Å²) in [4.78, 5) is 8.44. The highest BCUT2D eigenvalue weighted by atomic mass is 16.5. The highest BCUT2D eigenvalue weighted by Gasteiger charge is 2.09. The Labute approximate surface area is 91.8 Å². The fourth-order valence-electron chi connectivity index (χ4n) is 1.68. The minimum Gasteiger partial charge on any atom is -0.486 e. The van der Waals surface area contributed by atoms with Crippen molar-refractivity contribution in [1.29, 1.82) is 5.26 Å². The second-order valence-corrected chi connectivity index (χ2v) is 3.47. The van der Waals surface area contributed by atoms with Gasteiger partial charge in [-0.1, -0.05) is 0 Å². The van der Waals surface area contributed by atoms with Gasteiger partial charge in [0.15, 0.2) is 0 Å². The molecule has 1 aliphatic rings. The fraction of sp³-hybridized carbons (Fsp3) is 0.0833. The highest BCUT2D eigenvalue weighted by molar-refractivity contribution is 5.87. The second-order valence-electron chi connectivity index (χ2n) is 3.47. The molecule has 0 radical (unpaired) electrons. The minimum absolute atomic E-state index is 0.490. The van der Waals surface area contributed by atoms with Crippen LogP contribution in [0.15, 0.2) is 29.4 Å². The van der Waals surface area contributed by atoms with Crippen molar-refractivity contribution in [2.24, 2.45) is 4.99 Å². The summed E-state index contributed by atoms with van der Waals surface area (Å²) >= 11 is 0. The average molecular weight is 209 g/mol. The van der Waals surface area contributed by atoms with Crippen LogP contribution in [0.25, 0.3) is 10.9 Å². The lowest BCUT2D eigenvalue weighted by molar-refractivity contribution is 0.377. The lowest BCUT2D eigenvalue weighted by Crippen LogP contribution is -2.02. The summed E-state index contributed by atoms with van der Waals surface area (Å²) in [6.45, 7) is 0.490. The number of hydrogen-bond acceptors (Lipinski definition) is 4. The predicted molar refractivity (Wildman–Crippen MR) is 60.1 cm³/mol. The number of nitriles is 1. The first-order valence-electron chi connectivity index (χ1n) is 4.86. The third kappa shape index (κ3) is 1.30. The molecule has 0 bridgehead atoms. The Bertz CT molecular complexity index is 640. The van der Waals surface area contributed by atoms with Gasteiger partial charge in [0.05, 0.1) is 11.1 Å². The summed E-state index contributed by atoms with van der Waals surface area (Å²) in [7, 11) is 0. The normalized spacial score (nSPS) is 12.9. The molecule has 16 heavy (non-hydrogen) atoms. The Morgan fingerprint density at radius 1 is 1.31 bits per heavy atom. The molecule has 2 heterocycles. The molecular formula is C12H7N3O. The molecule has 0 unspecified atom stereocenters. The first-order chi connectivity index (χ1) is 7.86. The van der Waals surface area contributed by atoms with Crippen LogP contribution in [0.3, 0.4) is 0 Å². The number of benzene rings is 1. The zero-order valence-electron chi connectivity index (χ0n) is 8.34. The molecule has 0 saturated carbocycles. The molecule has 4 heteroatoms. The van der Waals surface area contributed by atoms with E-state index in [1.165, 1.54) is 0 Å². The highest BCUT2D eigenvalue weighted by Crippen LogP contribution is 2.33. The maximum absolute atomic E-state index is 8.79. The van der Waals surface area contributed by atoms with Crippen LogP contribution in [0, 0.1) is 11.3 Å². The van der Waals surface area contributed by atoms with Gasteiger partial charge >= 0.3 is 0 Å². The SMILES string of the molecule is N#Cc1cnc2cc3c(cc2c1)OCC=N3. The van der Waals surface area contributed by atoms with E-state index in [0.29, 0.717) is 12.2 Å². The maximum Gasteiger partial charge on any atom is 0.146 e. The smallest absolute Gasteiger partial charge is 0.146 e. The third-order valence-corrected chi connectivity index (χ3v) is 2.43. The molecule has 0 fully saturated rings. The van der Waals surface area contributed by atoms with Crippen molar-refractivity contribution in [3.63, 3.8) is 0 Å². The van der Waals surface area contributed by atoms with E-state index in [-0.39, 0.29) is 0 Å². The van der Waals surface area contributed by atoms with E-state index in [9.17, 15) is 0 Å². The van der Waals surface area contributed by atoms with E-state index in [1.54, 1.807) is 18.5 Å². The number of aromatic nitrogens is 1. The molecule has 0 amide bonds. The quantitative estimate of drug-likeness (QED) is 0.668. The van der Waals surface area contributed by atoms with Gasteiger partial charge in [-0.05, 0) is 18.2 Å². The maximum atomic E-state index is 8.79. The van der Waals surface area contributed by atoms with Crippen LogP contribution in [-0.4, -0.2) is 17.8 Å². The van der Waals surface area contributed by atoms with Crippen LogP contribution in [0.4, 0.5) is 5.69 Å². The van der Waals surface area contributed by atoms with E-state index in [0.717, 1.165) is 22.3 Å². The number of aliphatic imine (C=N–C) groups is 1. The van der Waals surface area contributed by atoms with Gasteiger partial charge in [-0.3, -0.25) is 9.98 Å². The first-order valence-corrected chi connectivity index (χ1v) is 4.86. The van der Waals surface area contributed by atoms with Crippen LogP contribution < -0.4 is 4.74 Å². The number of ether oxygens (including phenoxy) is 1. The molecule has 76 valence electrons. The van der Waals surface area contributed by atoms with Gasteiger partial charge in [0.1, 0.15) is 24.1 Å². The average Bonchev–Trinajstić information content (AvgIpc) is 2.35. The number of hydrogen-bond donors (Lipinski definition) is 0. The molecule has 1 aliphatic heterocycles. The zero-order valence-corrected chi connectivity index (χ0v) is 8.34. The van der Waals surface area contributed by atoms with Gasteiger partial charge in [0.25, 0.3) is 0 Å². The Kier molecular flexibility index (Phi) is 1.84. The molecule has 1 aromatic carbocycles.